The molecule has 7 heteroatoms. The minimum atomic E-state index is -0.147. The number of hydrogen-bond acceptors (Lipinski definition) is 5. The molecule has 0 aliphatic carbocycles. The largest absolute Gasteiger partial charge is 0.351 e. The van der Waals surface area contributed by atoms with Crippen molar-refractivity contribution in [2.75, 3.05) is 31.1 Å². The van der Waals surface area contributed by atoms with Crippen molar-refractivity contribution in [3.8, 4) is 0 Å². The van der Waals surface area contributed by atoms with E-state index in [0.29, 0.717) is 30.1 Å². The number of carbonyl (C=O) groups excluding carboxylic acids is 1. The van der Waals surface area contributed by atoms with E-state index in [1.54, 1.807) is 10.8 Å². The van der Waals surface area contributed by atoms with Gasteiger partial charge in [-0.2, -0.15) is 0 Å². The normalized spacial score (nSPS) is 19.0. The number of piperidine rings is 1. The van der Waals surface area contributed by atoms with E-state index in [4.69, 9.17) is 4.98 Å². The number of anilines is 1. The standard InChI is InChI=1S/C25H29N5O2/c1-18-8-10-19(11-9-18)16-30-22-21(7-4-12-26-22)27-23(25(30)32)29-15-5-6-20(17-29)24(31)28-13-2-3-14-28/h4,7-12,20H,2-3,5-6,13-17H2,1H3. The fraction of sp³-hybridized carbons (Fsp3) is 0.440. The summed E-state index contributed by atoms with van der Waals surface area (Å²) in [7, 11) is 0. The smallest absolute Gasteiger partial charge is 0.295 e. The molecule has 4 heterocycles. The van der Waals surface area contributed by atoms with Crippen LogP contribution in [-0.4, -0.2) is 51.5 Å². The molecule has 5 rings (SSSR count). The Kier molecular flexibility index (Phi) is 5.64. The summed E-state index contributed by atoms with van der Waals surface area (Å²) < 4.78 is 1.72. The number of rotatable bonds is 4. The Bertz CT molecular complexity index is 1180. The monoisotopic (exact) mass is 431 g/mol. The highest BCUT2D eigenvalue weighted by Gasteiger charge is 2.32. The second-order valence-corrected chi connectivity index (χ2v) is 8.98. The van der Waals surface area contributed by atoms with Crippen LogP contribution < -0.4 is 10.5 Å². The fourth-order valence-electron chi connectivity index (χ4n) is 4.86. The van der Waals surface area contributed by atoms with E-state index in [1.807, 2.05) is 41.0 Å². The molecule has 1 aromatic carbocycles. The molecule has 3 aromatic rings. The van der Waals surface area contributed by atoms with Crippen LogP contribution in [0.5, 0.6) is 0 Å². The summed E-state index contributed by atoms with van der Waals surface area (Å²) in [6, 6.07) is 11.9. The Balaban J connectivity index is 1.49. The molecule has 0 spiro atoms. The van der Waals surface area contributed by atoms with Gasteiger partial charge in [0.15, 0.2) is 11.5 Å². The van der Waals surface area contributed by atoms with Crippen molar-refractivity contribution in [2.24, 2.45) is 5.92 Å². The van der Waals surface area contributed by atoms with E-state index in [1.165, 1.54) is 5.56 Å². The highest BCUT2D eigenvalue weighted by Crippen LogP contribution is 2.24. The molecule has 32 heavy (non-hydrogen) atoms. The molecule has 2 aliphatic rings. The number of hydrogen-bond donors (Lipinski definition) is 0. The fourth-order valence-corrected chi connectivity index (χ4v) is 4.86. The topological polar surface area (TPSA) is 71.3 Å². The van der Waals surface area contributed by atoms with E-state index >= 15 is 0 Å². The number of nitrogens with zero attached hydrogens (tertiary/aromatic N) is 5. The maximum Gasteiger partial charge on any atom is 0.295 e. The molecule has 0 radical (unpaired) electrons. The van der Waals surface area contributed by atoms with Gasteiger partial charge in [-0.3, -0.25) is 14.2 Å². The second-order valence-electron chi connectivity index (χ2n) is 8.98. The molecule has 0 saturated carbocycles. The van der Waals surface area contributed by atoms with Gasteiger partial charge in [-0.15, -0.1) is 0 Å². The quantitative estimate of drug-likeness (QED) is 0.635. The van der Waals surface area contributed by atoms with Gasteiger partial charge in [0, 0.05) is 32.4 Å². The SMILES string of the molecule is Cc1ccc(Cn2c(=O)c(N3CCCC(C(=O)N4CCCC4)C3)nc3cccnc32)cc1. The number of likely N-dealkylation sites (tertiary alicyclic amines) is 1. The molecule has 7 nitrogen and oxygen atoms in total. The number of pyridine rings is 1. The zero-order chi connectivity index (χ0) is 22.1. The molecule has 2 fully saturated rings. The molecule has 0 bridgehead atoms. The van der Waals surface area contributed by atoms with E-state index in [2.05, 4.69) is 17.1 Å². The first-order valence-electron chi connectivity index (χ1n) is 11.5. The Morgan fingerprint density at radius 3 is 2.62 bits per heavy atom. The summed E-state index contributed by atoms with van der Waals surface area (Å²) in [5.74, 6) is 0.587. The molecular weight excluding hydrogens is 402 g/mol. The third-order valence-corrected chi connectivity index (χ3v) is 6.63. The van der Waals surface area contributed by atoms with Crippen LogP contribution in [0.25, 0.3) is 11.2 Å². The van der Waals surface area contributed by atoms with Crippen molar-refractivity contribution >= 4 is 22.9 Å². The van der Waals surface area contributed by atoms with Gasteiger partial charge in [-0.25, -0.2) is 9.97 Å². The summed E-state index contributed by atoms with van der Waals surface area (Å²) in [5, 5.41) is 0. The minimum Gasteiger partial charge on any atom is -0.351 e. The van der Waals surface area contributed by atoms with Crippen molar-refractivity contribution in [1.82, 2.24) is 19.4 Å². The van der Waals surface area contributed by atoms with Gasteiger partial charge >= 0.3 is 0 Å². The lowest BCUT2D eigenvalue weighted by molar-refractivity contribution is -0.134. The van der Waals surface area contributed by atoms with Gasteiger partial charge in [-0.1, -0.05) is 29.8 Å². The number of amides is 1. The van der Waals surface area contributed by atoms with Crippen LogP contribution in [0.4, 0.5) is 5.82 Å². The van der Waals surface area contributed by atoms with Crippen LogP contribution in [0.2, 0.25) is 0 Å². The molecule has 0 N–H and O–H groups in total. The van der Waals surface area contributed by atoms with Crippen LogP contribution >= 0.6 is 0 Å². The lowest BCUT2D eigenvalue weighted by atomic mass is 9.96. The van der Waals surface area contributed by atoms with Crippen LogP contribution in [0.15, 0.2) is 47.4 Å². The molecular formula is C25H29N5O2. The molecule has 2 aliphatic heterocycles. The minimum absolute atomic E-state index is 0.0711. The highest BCUT2D eigenvalue weighted by atomic mass is 16.2. The maximum absolute atomic E-state index is 13.6. The van der Waals surface area contributed by atoms with E-state index in [0.717, 1.165) is 50.9 Å². The van der Waals surface area contributed by atoms with Gasteiger partial charge in [0.2, 0.25) is 5.91 Å². The van der Waals surface area contributed by atoms with E-state index in [-0.39, 0.29) is 17.4 Å². The van der Waals surface area contributed by atoms with E-state index < -0.39 is 0 Å². The number of aryl methyl sites for hydroxylation is 1. The van der Waals surface area contributed by atoms with Gasteiger partial charge in [-0.05, 0) is 50.3 Å². The average Bonchev–Trinajstić information content (AvgIpc) is 3.36. The summed E-state index contributed by atoms with van der Waals surface area (Å²) in [6.45, 7) is 5.49. The zero-order valence-corrected chi connectivity index (χ0v) is 18.5. The molecule has 1 unspecified atom stereocenters. The third-order valence-electron chi connectivity index (χ3n) is 6.63. The predicted octanol–water partition coefficient (Wildman–Crippen LogP) is 2.99. The Hall–Kier alpha value is -3.22. The Labute approximate surface area is 187 Å². The average molecular weight is 432 g/mol. The van der Waals surface area contributed by atoms with Gasteiger partial charge in [0.05, 0.1) is 12.5 Å². The van der Waals surface area contributed by atoms with E-state index in [9.17, 15) is 9.59 Å². The van der Waals surface area contributed by atoms with Crippen LogP contribution in [-0.2, 0) is 11.3 Å². The predicted molar refractivity (Wildman–Crippen MR) is 125 cm³/mol. The Morgan fingerprint density at radius 2 is 1.84 bits per heavy atom. The van der Waals surface area contributed by atoms with Crippen molar-refractivity contribution < 1.29 is 4.79 Å². The Morgan fingerprint density at radius 1 is 1.06 bits per heavy atom. The first kappa shape index (κ1) is 20.7. The van der Waals surface area contributed by atoms with Gasteiger partial charge in [0.1, 0.15) is 5.52 Å². The van der Waals surface area contributed by atoms with Crippen molar-refractivity contribution in [2.45, 2.75) is 39.2 Å². The summed E-state index contributed by atoms with van der Waals surface area (Å²) in [5.41, 5.74) is 3.36. The van der Waals surface area contributed by atoms with Gasteiger partial charge in [0.25, 0.3) is 5.56 Å². The highest BCUT2D eigenvalue weighted by molar-refractivity contribution is 5.80. The third kappa shape index (κ3) is 3.99. The molecule has 2 saturated heterocycles. The van der Waals surface area contributed by atoms with Crippen molar-refractivity contribution in [3.63, 3.8) is 0 Å². The summed E-state index contributed by atoms with van der Waals surface area (Å²) in [6.07, 6.45) is 5.63. The van der Waals surface area contributed by atoms with Crippen molar-refractivity contribution in [3.05, 3.63) is 64.1 Å². The second kappa shape index (κ2) is 8.73. The van der Waals surface area contributed by atoms with Crippen LogP contribution in [0.3, 0.4) is 0 Å². The first-order chi connectivity index (χ1) is 15.6. The maximum atomic E-state index is 13.6. The summed E-state index contributed by atoms with van der Waals surface area (Å²) in [4.78, 5) is 39.8. The lowest BCUT2D eigenvalue weighted by Gasteiger charge is -2.34. The van der Waals surface area contributed by atoms with Crippen LogP contribution in [0, 0.1) is 12.8 Å². The number of benzene rings is 1. The molecule has 2 aromatic heterocycles. The molecule has 166 valence electrons. The van der Waals surface area contributed by atoms with Crippen molar-refractivity contribution in [1.29, 1.82) is 0 Å². The lowest BCUT2D eigenvalue weighted by Crippen LogP contribution is -2.46. The van der Waals surface area contributed by atoms with Crippen LogP contribution in [0.1, 0.15) is 36.8 Å². The van der Waals surface area contributed by atoms with Gasteiger partial charge < -0.3 is 9.80 Å². The molecule has 1 amide bonds. The number of fused-ring (bicyclic) bond motifs is 1. The molecule has 1 atom stereocenters. The number of carbonyl (C=O) groups is 1. The zero-order valence-electron chi connectivity index (χ0n) is 18.5. The number of aromatic nitrogens is 3. The summed E-state index contributed by atoms with van der Waals surface area (Å²) >= 11 is 0. The first-order valence-corrected chi connectivity index (χ1v) is 11.5.